The number of β-amino-alcohol motifs (C(OH)–C–C–N with tert-alkyl or cyclic N) is 1. The number of aliphatic hydroxyl groups excluding tert-OH is 1. The molecule has 0 saturated heterocycles. The van der Waals surface area contributed by atoms with E-state index in [1.54, 1.807) is 19.1 Å². The van der Waals surface area contributed by atoms with Crippen LogP contribution in [0.3, 0.4) is 0 Å². The van der Waals surface area contributed by atoms with Gasteiger partial charge in [0.1, 0.15) is 17.5 Å². The van der Waals surface area contributed by atoms with Gasteiger partial charge >= 0.3 is 5.97 Å². The molecule has 0 aliphatic carbocycles. The number of imide groups is 1. The van der Waals surface area contributed by atoms with E-state index in [4.69, 9.17) is 4.74 Å². The quantitative estimate of drug-likeness (QED) is 0.236. The number of hydrogen-bond acceptors (Lipinski definition) is 10. The molecule has 0 bridgehead atoms. The molecule has 0 radical (unpaired) electrons. The van der Waals surface area contributed by atoms with Crippen molar-refractivity contribution in [1.82, 2.24) is 4.90 Å². The lowest BCUT2D eigenvalue weighted by molar-refractivity contribution is -0.140. The van der Waals surface area contributed by atoms with E-state index in [1.165, 1.54) is 19.2 Å². The van der Waals surface area contributed by atoms with Gasteiger partial charge in [0.15, 0.2) is 0 Å². The normalized spacial score (nSPS) is 16.4. The fraction of sp³-hybridized carbons (Fsp3) is 0.286. The second kappa shape index (κ2) is 10.7. The van der Waals surface area contributed by atoms with E-state index in [0.29, 0.717) is 30.3 Å². The number of aliphatic hydroxyl groups is 1. The Kier molecular flexibility index (Phi) is 7.27. The van der Waals surface area contributed by atoms with Gasteiger partial charge < -0.3 is 19.8 Å². The third-order valence-electron chi connectivity index (χ3n) is 7.05. The Hall–Kier alpha value is -4.34. The van der Waals surface area contributed by atoms with Gasteiger partial charge in [-0.3, -0.25) is 19.3 Å². The average molecular weight is 606 g/mol. The van der Waals surface area contributed by atoms with Crippen molar-refractivity contribution >= 4 is 61.5 Å². The zero-order valence-electron chi connectivity index (χ0n) is 21.6. The highest BCUT2D eigenvalue weighted by Gasteiger charge is 2.38. The molecule has 5 rings (SSSR count). The number of rotatable bonds is 6. The minimum absolute atomic E-state index is 0.0457. The van der Waals surface area contributed by atoms with Crippen molar-refractivity contribution < 1.29 is 29.3 Å². The molecule has 40 heavy (non-hydrogen) atoms. The summed E-state index contributed by atoms with van der Waals surface area (Å²) in [5.41, 5.74) is 2.13. The van der Waals surface area contributed by atoms with Crippen molar-refractivity contribution in [2.45, 2.75) is 25.9 Å². The van der Waals surface area contributed by atoms with Crippen LogP contribution in [-0.2, 0) is 16.0 Å². The number of phenolic OH excluding ortho intramolecular Hbond substituents is 1. The summed E-state index contributed by atoms with van der Waals surface area (Å²) in [5, 5.41) is 41.0. The smallest absolute Gasteiger partial charge is 0.307 e. The van der Waals surface area contributed by atoms with Crippen molar-refractivity contribution in [2.75, 3.05) is 31.6 Å². The number of halogens is 1. The van der Waals surface area contributed by atoms with Crippen LogP contribution in [0.15, 0.2) is 45.0 Å². The summed E-state index contributed by atoms with van der Waals surface area (Å²) in [6, 6.07) is 10.1. The summed E-state index contributed by atoms with van der Waals surface area (Å²) in [5.74, 6) is -1.41. The zero-order chi connectivity index (χ0) is 28.7. The number of esters is 1. The Morgan fingerprint density at radius 2 is 2.02 bits per heavy atom. The molecule has 2 aliphatic rings. The largest absolute Gasteiger partial charge is 0.507 e. The molecule has 3 aromatic rings. The number of aromatic hydroxyl groups is 1. The van der Waals surface area contributed by atoms with Gasteiger partial charge in [0.05, 0.1) is 51.9 Å². The van der Waals surface area contributed by atoms with Crippen LogP contribution in [0.1, 0.15) is 45.2 Å². The maximum atomic E-state index is 12.9. The summed E-state index contributed by atoms with van der Waals surface area (Å²) >= 11 is 3.37. The number of phenols is 1. The number of ether oxygens (including phenoxy) is 1. The van der Waals surface area contributed by atoms with E-state index in [-0.39, 0.29) is 57.2 Å². The first kappa shape index (κ1) is 27.2. The van der Waals surface area contributed by atoms with Gasteiger partial charge in [-0.1, -0.05) is 12.1 Å². The number of carbonyl (C=O) groups is 3. The lowest BCUT2D eigenvalue weighted by Gasteiger charge is -2.35. The molecular formula is C28H24BrN5O6. The summed E-state index contributed by atoms with van der Waals surface area (Å²) in [4.78, 5) is 40.3. The molecule has 2 N–H and O–H groups in total. The number of amides is 2. The van der Waals surface area contributed by atoms with Gasteiger partial charge in [-0.15, -0.1) is 10.2 Å². The van der Waals surface area contributed by atoms with Crippen molar-refractivity contribution in [3.05, 3.63) is 57.1 Å². The Labute approximate surface area is 237 Å². The Morgan fingerprint density at radius 1 is 1.25 bits per heavy atom. The number of methoxy groups -OCH3 is 1. The van der Waals surface area contributed by atoms with E-state index in [0.717, 1.165) is 16.2 Å². The first-order valence-electron chi connectivity index (χ1n) is 12.5. The van der Waals surface area contributed by atoms with Crippen LogP contribution in [0.5, 0.6) is 5.75 Å². The number of azo groups is 1. The molecule has 0 saturated carbocycles. The molecule has 0 spiro atoms. The maximum absolute atomic E-state index is 12.9. The topological polar surface area (TPSA) is 156 Å². The predicted octanol–water partition coefficient (Wildman–Crippen LogP) is 4.50. The molecule has 0 fully saturated rings. The minimum Gasteiger partial charge on any atom is -0.507 e. The molecular weight excluding hydrogens is 582 g/mol. The van der Waals surface area contributed by atoms with Gasteiger partial charge in [-0.05, 0) is 46.6 Å². The van der Waals surface area contributed by atoms with Crippen molar-refractivity contribution in [3.63, 3.8) is 0 Å². The number of nitrogens with zero attached hydrogens (tertiary/aromatic N) is 5. The standard InChI is InChI=1S/C28H24BrN5O6/c1-3-34-27(38)18-10-15(12-30)25(24(29)23(18)28(34)39)32-31-19-11-14-9-16(35)13-33(8-7-21(37)40-2)26(14)17-5-4-6-20(36)22(17)19/h4-6,10-11,16,35-36H,3,7-9,13H2,1-2H3. The highest BCUT2D eigenvalue weighted by molar-refractivity contribution is 9.10. The van der Waals surface area contributed by atoms with Crippen LogP contribution in [0.4, 0.5) is 17.1 Å². The summed E-state index contributed by atoms with van der Waals surface area (Å²) in [6.07, 6.45) is -0.274. The van der Waals surface area contributed by atoms with E-state index in [9.17, 15) is 29.9 Å². The molecule has 12 heteroatoms. The predicted molar refractivity (Wildman–Crippen MR) is 148 cm³/mol. The first-order chi connectivity index (χ1) is 19.2. The molecule has 3 aromatic carbocycles. The van der Waals surface area contributed by atoms with E-state index < -0.39 is 17.9 Å². The van der Waals surface area contributed by atoms with Gasteiger partial charge in [0.25, 0.3) is 11.8 Å². The van der Waals surface area contributed by atoms with E-state index >= 15 is 0 Å². The second-order valence-corrected chi connectivity index (χ2v) is 10.2. The fourth-order valence-electron chi connectivity index (χ4n) is 5.25. The van der Waals surface area contributed by atoms with Crippen molar-refractivity contribution in [1.29, 1.82) is 5.26 Å². The SMILES string of the molecule is CCN1C(=O)c2cc(C#N)c(N=Nc3cc4c(c5cccc(O)c35)N(CCC(=O)OC)CC(O)C4)c(Br)c2C1=O. The minimum atomic E-state index is -0.703. The molecule has 2 heterocycles. The molecule has 2 aliphatic heterocycles. The first-order valence-corrected chi connectivity index (χ1v) is 13.3. The number of carbonyl (C=O) groups excluding carboxylic acids is 3. The van der Waals surface area contributed by atoms with E-state index in [1.807, 2.05) is 17.0 Å². The van der Waals surface area contributed by atoms with Crippen LogP contribution in [0.2, 0.25) is 0 Å². The molecule has 1 atom stereocenters. The van der Waals surface area contributed by atoms with Gasteiger partial charge in [-0.25, -0.2) is 0 Å². The zero-order valence-corrected chi connectivity index (χ0v) is 23.2. The lowest BCUT2D eigenvalue weighted by Crippen LogP contribution is -2.39. The van der Waals surface area contributed by atoms with Crippen LogP contribution in [0, 0.1) is 11.3 Å². The van der Waals surface area contributed by atoms with Crippen LogP contribution >= 0.6 is 15.9 Å². The van der Waals surface area contributed by atoms with Gasteiger partial charge in [0, 0.05) is 37.1 Å². The second-order valence-electron chi connectivity index (χ2n) is 9.41. The lowest BCUT2D eigenvalue weighted by atomic mass is 9.93. The fourth-order valence-corrected chi connectivity index (χ4v) is 5.93. The Morgan fingerprint density at radius 3 is 2.73 bits per heavy atom. The van der Waals surface area contributed by atoms with Crippen LogP contribution in [0.25, 0.3) is 10.8 Å². The number of nitriles is 1. The maximum Gasteiger partial charge on any atom is 0.307 e. The molecule has 11 nitrogen and oxygen atoms in total. The molecule has 0 aromatic heterocycles. The van der Waals surface area contributed by atoms with E-state index in [2.05, 4.69) is 26.2 Å². The Balaban J connectivity index is 1.65. The number of fused-ring (bicyclic) bond motifs is 4. The number of benzene rings is 3. The number of anilines is 1. The summed E-state index contributed by atoms with van der Waals surface area (Å²) in [6.45, 7) is 2.46. The molecule has 2 amide bonds. The molecule has 204 valence electrons. The van der Waals surface area contributed by atoms with Gasteiger partial charge in [0.2, 0.25) is 0 Å². The molecule has 1 unspecified atom stereocenters. The Bertz CT molecular complexity index is 1660. The van der Waals surface area contributed by atoms with Crippen LogP contribution < -0.4 is 4.90 Å². The van der Waals surface area contributed by atoms with Gasteiger partial charge in [-0.2, -0.15) is 5.26 Å². The summed E-state index contributed by atoms with van der Waals surface area (Å²) in [7, 11) is 1.32. The number of hydrogen-bond donors (Lipinski definition) is 2. The van der Waals surface area contributed by atoms with Crippen molar-refractivity contribution in [3.8, 4) is 11.8 Å². The highest BCUT2D eigenvalue weighted by atomic mass is 79.9. The highest BCUT2D eigenvalue weighted by Crippen LogP contribution is 2.45. The summed E-state index contributed by atoms with van der Waals surface area (Å²) < 4.78 is 4.95. The average Bonchev–Trinajstić information content (AvgIpc) is 3.18. The van der Waals surface area contributed by atoms with Crippen LogP contribution in [-0.4, -0.2) is 65.7 Å². The third kappa shape index (κ3) is 4.47. The third-order valence-corrected chi connectivity index (χ3v) is 7.83. The monoisotopic (exact) mass is 605 g/mol. The van der Waals surface area contributed by atoms with Crippen molar-refractivity contribution in [2.24, 2.45) is 10.2 Å².